The molecule has 0 saturated carbocycles. The molecule has 1 unspecified atom stereocenters. The standard InChI is InChI=1S/C29H40FN5O5/c1-31-28(38)29(39,10-5-16-36)34(3)20-25-22(21-37)6-4-7-27(25)32-19-23-18-24(8-9-26(23)30)40-17-15-35-13-11-33(2)12-14-35/h4,6-9,16,18,21,32,39H,5,10-15,17,19-20H2,1-3H3,(H,31,38). The number of amides is 1. The van der Waals surface area contributed by atoms with Gasteiger partial charge in [0.2, 0.25) is 0 Å². The highest BCUT2D eigenvalue weighted by Gasteiger charge is 2.39. The largest absolute Gasteiger partial charge is 0.492 e. The normalized spacial score (nSPS) is 15.8. The highest BCUT2D eigenvalue weighted by atomic mass is 19.1. The molecular formula is C29H40FN5O5. The van der Waals surface area contributed by atoms with Gasteiger partial charge >= 0.3 is 0 Å². The Morgan fingerprint density at radius 2 is 1.95 bits per heavy atom. The topological polar surface area (TPSA) is 114 Å². The second-order valence-corrected chi connectivity index (χ2v) is 10.0. The van der Waals surface area contributed by atoms with Gasteiger partial charge in [-0.25, -0.2) is 4.39 Å². The number of carbonyl (C=O) groups is 3. The number of rotatable bonds is 15. The van der Waals surface area contributed by atoms with Gasteiger partial charge in [0.05, 0.1) is 0 Å². The van der Waals surface area contributed by atoms with Crippen molar-refractivity contribution in [2.45, 2.75) is 31.7 Å². The lowest BCUT2D eigenvalue weighted by molar-refractivity contribution is -0.163. The Morgan fingerprint density at radius 3 is 2.62 bits per heavy atom. The summed E-state index contributed by atoms with van der Waals surface area (Å²) < 4.78 is 20.6. The molecule has 1 aliphatic rings. The smallest absolute Gasteiger partial charge is 0.267 e. The molecule has 0 spiro atoms. The SMILES string of the molecule is CNC(=O)C(O)(CCC=O)N(C)Cc1c(C=O)cccc1NCc1cc(OCCN2CCN(C)CC2)ccc1F. The van der Waals surface area contributed by atoms with E-state index in [2.05, 4.69) is 27.5 Å². The van der Waals surface area contributed by atoms with E-state index in [-0.39, 0.29) is 25.9 Å². The van der Waals surface area contributed by atoms with E-state index in [1.807, 2.05) is 0 Å². The molecule has 1 aliphatic heterocycles. The third-order valence-electron chi connectivity index (χ3n) is 7.33. The van der Waals surface area contributed by atoms with Crippen LogP contribution in [0.5, 0.6) is 5.75 Å². The third-order valence-corrected chi connectivity index (χ3v) is 7.33. The minimum atomic E-state index is -1.97. The van der Waals surface area contributed by atoms with Crippen molar-refractivity contribution < 1.29 is 28.6 Å². The summed E-state index contributed by atoms with van der Waals surface area (Å²) >= 11 is 0. The number of nitrogens with one attached hydrogen (secondary N) is 2. The first kappa shape index (κ1) is 31.2. The highest BCUT2D eigenvalue weighted by Crippen LogP contribution is 2.27. The number of aldehydes is 2. The summed E-state index contributed by atoms with van der Waals surface area (Å²) in [6, 6.07) is 9.70. The maximum absolute atomic E-state index is 14.7. The average molecular weight is 558 g/mol. The van der Waals surface area contributed by atoms with E-state index in [1.165, 1.54) is 25.1 Å². The lowest BCUT2D eigenvalue weighted by Gasteiger charge is -2.35. The molecule has 1 saturated heterocycles. The molecule has 1 heterocycles. The molecule has 0 radical (unpaired) electrons. The number of ether oxygens (including phenoxy) is 1. The van der Waals surface area contributed by atoms with Crippen molar-refractivity contribution in [3.63, 3.8) is 0 Å². The van der Waals surface area contributed by atoms with Gasteiger partial charge in [0, 0.05) is 82.5 Å². The van der Waals surface area contributed by atoms with E-state index in [0.29, 0.717) is 47.3 Å². The van der Waals surface area contributed by atoms with Crippen LogP contribution in [0, 0.1) is 5.82 Å². The molecule has 218 valence electrons. The number of benzene rings is 2. The molecule has 3 rings (SSSR count). The zero-order valence-electron chi connectivity index (χ0n) is 23.5. The Kier molecular flexibility index (Phi) is 11.6. The van der Waals surface area contributed by atoms with E-state index in [4.69, 9.17) is 4.74 Å². The fraction of sp³-hybridized carbons (Fsp3) is 0.483. The van der Waals surface area contributed by atoms with Crippen molar-refractivity contribution in [1.29, 1.82) is 0 Å². The molecule has 11 heteroatoms. The van der Waals surface area contributed by atoms with E-state index >= 15 is 0 Å². The van der Waals surface area contributed by atoms with Gasteiger partial charge in [-0.1, -0.05) is 12.1 Å². The van der Waals surface area contributed by atoms with E-state index in [9.17, 15) is 23.9 Å². The monoisotopic (exact) mass is 557 g/mol. The number of nitrogens with zero attached hydrogens (tertiary/aromatic N) is 3. The van der Waals surface area contributed by atoms with Crippen molar-refractivity contribution in [1.82, 2.24) is 20.0 Å². The van der Waals surface area contributed by atoms with Crippen molar-refractivity contribution in [3.05, 3.63) is 58.9 Å². The third kappa shape index (κ3) is 8.07. The second kappa shape index (κ2) is 14.8. The van der Waals surface area contributed by atoms with Crippen LogP contribution >= 0.6 is 0 Å². The number of hydrogen-bond donors (Lipinski definition) is 3. The first-order chi connectivity index (χ1) is 19.2. The highest BCUT2D eigenvalue weighted by molar-refractivity contribution is 5.85. The molecule has 1 atom stereocenters. The van der Waals surface area contributed by atoms with Crippen molar-refractivity contribution in [2.75, 3.05) is 65.8 Å². The van der Waals surface area contributed by atoms with Crippen molar-refractivity contribution in [2.24, 2.45) is 0 Å². The van der Waals surface area contributed by atoms with E-state index < -0.39 is 17.4 Å². The maximum atomic E-state index is 14.7. The van der Waals surface area contributed by atoms with Crippen LogP contribution in [-0.4, -0.2) is 104 Å². The first-order valence-electron chi connectivity index (χ1n) is 13.4. The van der Waals surface area contributed by atoms with Crippen LogP contribution in [0.1, 0.15) is 34.3 Å². The van der Waals surface area contributed by atoms with Crippen LogP contribution in [-0.2, 0) is 22.7 Å². The van der Waals surface area contributed by atoms with Crippen LogP contribution in [0.2, 0.25) is 0 Å². The molecule has 1 amide bonds. The summed E-state index contributed by atoms with van der Waals surface area (Å²) in [4.78, 5) is 41.3. The van der Waals surface area contributed by atoms with Crippen LogP contribution in [0.4, 0.5) is 10.1 Å². The molecule has 1 fully saturated rings. The zero-order chi connectivity index (χ0) is 29.1. The Morgan fingerprint density at radius 1 is 1.20 bits per heavy atom. The second-order valence-electron chi connectivity index (χ2n) is 10.0. The molecule has 0 aromatic heterocycles. The Hall–Kier alpha value is -3.38. The first-order valence-corrected chi connectivity index (χ1v) is 13.4. The van der Waals surface area contributed by atoms with Gasteiger partial charge in [-0.3, -0.25) is 19.4 Å². The number of likely N-dealkylation sites (N-methyl/N-ethyl adjacent to an activating group) is 3. The predicted octanol–water partition coefficient (Wildman–Crippen LogP) is 1.72. The zero-order valence-corrected chi connectivity index (χ0v) is 23.5. The van der Waals surface area contributed by atoms with Crippen molar-refractivity contribution >= 4 is 24.2 Å². The number of piperazine rings is 1. The summed E-state index contributed by atoms with van der Waals surface area (Å²) in [5.41, 5.74) is -0.154. The van der Waals surface area contributed by atoms with E-state index in [1.54, 1.807) is 30.3 Å². The Bertz CT molecular complexity index is 1160. The van der Waals surface area contributed by atoms with Gasteiger partial charge in [-0.15, -0.1) is 0 Å². The minimum Gasteiger partial charge on any atom is -0.492 e. The Balaban J connectivity index is 1.71. The van der Waals surface area contributed by atoms with Gasteiger partial charge < -0.3 is 30.2 Å². The van der Waals surface area contributed by atoms with Gasteiger partial charge in [0.25, 0.3) is 5.91 Å². The molecule has 3 N–H and O–H groups in total. The van der Waals surface area contributed by atoms with Gasteiger partial charge in [-0.05, 0) is 43.9 Å². The number of carbonyl (C=O) groups excluding carboxylic acids is 3. The number of hydrogen-bond acceptors (Lipinski definition) is 9. The van der Waals surface area contributed by atoms with Gasteiger partial charge in [0.1, 0.15) is 30.7 Å². The number of aliphatic hydroxyl groups is 1. The van der Waals surface area contributed by atoms with Gasteiger partial charge in [-0.2, -0.15) is 0 Å². The van der Waals surface area contributed by atoms with Crippen LogP contribution in [0.3, 0.4) is 0 Å². The lowest BCUT2D eigenvalue weighted by Crippen LogP contribution is -2.56. The summed E-state index contributed by atoms with van der Waals surface area (Å²) in [5, 5.41) is 16.7. The van der Waals surface area contributed by atoms with E-state index in [0.717, 1.165) is 32.7 Å². The molecule has 0 aliphatic carbocycles. The molecule has 2 aromatic rings. The number of halogens is 1. The predicted molar refractivity (Wildman–Crippen MR) is 151 cm³/mol. The van der Waals surface area contributed by atoms with Crippen LogP contribution in [0.15, 0.2) is 36.4 Å². The number of anilines is 1. The lowest BCUT2D eigenvalue weighted by atomic mass is 10.0. The summed E-state index contributed by atoms with van der Waals surface area (Å²) in [6.45, 7) is 5.46. The Labute approximate surface area is 235 Å². The molecule has 10 nitrogen and oxygen atoms in total. The summed E-state index contributed by atoms with van der Waals surface area (Å²) in [6.07, 6.45) is 1.17. The molecule has 2 aromatic carbocycles. The average Bonchev–Trinajstić information content (AvgIpc) is 2.96. The molecule has 40 heavy (non-hydrogen) atoms. The van der Waals surface area contributed by atoms with Crippen molar-refractivity contribution in [3.8, 4) is 5.75 Å². The maximum Gasteiger partial charge on any atom is 0.267 e. The summed E-state index contributed by atoms with van der Waals surface area (Å²) in [5.74, 6) is -0.492. The fourth-order valence-electron chi connectivity index (χ4n) is 4.69. The summed E-state index contributed by atoms with van der Waals surface area (Å²) in [7, 11) is 5.04. The molecule has 0 bridgehead atoms. The fourth-order valence-corrected chi connectivity index (χ4v) is 4.69. The van der Waals surface area contributed by atoms with Crippen LogP contribution in [0.25, 0.3) is 0 Å². The minimum absolute atomic E-state index is 0.0119. The van der Waals surface area contributed by atoms with Crippen LogP contribution < -0.4 is 15.4 Å². The quantitative estimate of drug-likeness (QED) is 0.223. The molecular weight excluding hydrogens is 517 g/mol. The van der Waals surface area contributed by atoms with Gasteiger partial charge in [0.15, 0.2) is 5.72 Å².